The molecule has 0 rings (SSSR count). The van der Waals surface area contributed by atoms with Crippen LogP contribution in [-0.2, 0) is 0 Å². The summed E-state index contributed by atoms with van der Waals surface area (Å²) in [6, 6.07) is 0. The van der Waals surface area contributed by atoms with E-state index in [-0.39, 0.29) is 6.10 Å². The normalized spacial score (nSPS) is 14.3. The average Bonchev–Trinajstić information content (AvgIpc) is 1.63. The van der Waals surface area contributed by atoms with E-state index in [9.17, 15) is 0 Å². The highest BCUT2D eigenvalue weighted by Crippen LogP contribution is 1.86. The quantitative estimate of drug-likeness (QED) is 0.586. The Morgan fingerprint density at radius 1 is 1.22 bits per heavy atom. The molecule has 0 amide bonds. The van der Waals surface area contributed by atoms with E-state index >= 15 is 0 Å². The smallest absolute Gasteiger partial charge is 0.0636 e. The molecule has 1 atom stereocenters. The summed E-state index contributed by atoms with van der Waals surface area (Å²) < 4.78 is 0. The highest BCUT2D eigenvalue weighted by atomic mass is 16.3. The van der Waals surface area contributed by atoms with Crippen LogP contribution in [0.1, 0.15) is 20.8 Å². The molecule has 0 spiro atoms. The Labute approximate surface area is 57.3 Å². The van der Waals surface area contributed by atoms with Crippen molar-refractivity contribution in [3.05, 3.63) is 0 Å². The topological polar surface area (TPSA) is 32.3 Å². The lowest BCUT2D eigenvalue weighted by Gasteiger charge is -2.08. The Hall–Kier alpha value is -0.0800. The molecule has 0 aromatic heterocycles. The van der Waals surface area contributed by atoms with Crippen LogP contribution in [0.3, 0.4) is 0 Å². The van der Waals surface area contributed by atoms with E-state index in [2.05, 4.69) is 19.2 Å². The summed E-state index contributed by atoms with van der Waals surface area (Å²) in [5.41, 5.74) is 0. The van der Waals surface area contributed by atoms with Gasteiger partial charge in [-0.2, -0.15) is 0 Å². The first-order valence-corrected chi connectivity index (χ1v) is 3.51. The van der Waals surface area contributed by atoms with Gasteiger partial charge in [-0.3, -0.25) is 0 Å². The van der Waals surface area contributed by atoms with Crippen LogP contribution in [-0.4, -0.2) is 24.3 Å². The molecule has 0 aromatic carbocycles. The molecule has 0 aliphatic rings. The summed E-state index contributed by atoms with van der Waals surface area (Å²) in [5, 5.41) is 11.9. The van der Waals surface area contributed by atoms with Crippen molar-refractivity contribution in [3.63, 3.8) is 0 Å². The fourth-order valence-electron chi connectivity index (χ4n) is 0.581. The molecular weight excluding hydrogens is 114 g/mol. The number of rotatable bonds is 4. The largest absolute Gasteiger partial charge is 0.392 e. The minimum absolute atomic E-state index is 0.219. The van der Waals surface area contributed by atoms with Crippen LogP contribution in [0.15, 0.2) is 0 Å². The van der Waals surface area contributed by atoms with E-state index in [4.69, 9.17) is 5.11 Å². The van der Waals surface area contributed by atoms with Crippen molar-refractivity contribution in [1.29, 1.82) is 0 Å². The van der Waals surface area contributed by atoms with Gasteiger partial charge in [-0.1, -0.05) is 13.8 Å². The molecule has 0 aromatic rings. The zero-order valence-electron chi connectivity index (χ0n) is 6.52. The molecule has 0 fully saturated rings. The molecule has 0 aliphatic heterocycles. The second-order valence-corrected chi connectivity index (χ2v) is 2.90. The standard InChI is InChI=1S/C7H17NO/c1-6(2)4-8-5-7(3)9/h6-9H,4-5H2,1-3H3/t7-/m0/s1. The maximum absolute atomic E-state index is 8.80. The maximum atomic E-state index is 8.80. The minimum atomic E-state index is -0.219. The van der Waals surface area contributed by atoms with Crippen LogP contribution in [0.25, 0.3) is 0 Å². The summed E-state index contributed by atoms with van der Waals surface area (Å²) in [5.74, 6) is 0.670. The second kappa shape index (κ2) is 4.77. The van der Waals surface area contributed by atoms with E-state index < -0.39 is 0 Å². The van der Waals surface area contributed by atoms with Crippen LogP contribution in [0.4, 0.5) is 0 Å². The Morgan fingerprint density at radius 3 is 2.11 bits per heavy atom. The monoisotopic (exact) mass is 131 g/mol. The fraction of sp³-hybridized carbons (Fsp3) is 1.00. The molecular formula is C7H17NO. The number of aliphatic hydroxyl groups excluding tert-OH is 1. The third-order valence-corrected chi connectivity index (χ3v) is 0.992. The van der Waals surface area contributed by atoms with Crippen LogP contribution in [0.5, 0.6) is 0 Å². The van der Waals surface area contributed by atoms with Crippen molar-refractivity contribution < 1.29 is 5.11 Å². The number of hydrogen-bond donors (Lipinski definition) is 2. The van der Waals surface area contributed by atoms with Crippen molar-refractivity contribution >= 4 is 0 Å². The summed E-state index contributed by atoms with van der Waals surface area (Å²) in [7, 11) is 0. The van der Waals surface area contributed by atoms with E-state index in [1.807, 2.05) is 0 Å². The number of hydrogen-bond acceptors (Lipinski definition) is 2. The van der Waals surface area contributed by atoms with Gasteiger partial charge in [0.1, 0.15) is 0 Å². The molecule has 0 unspecified atom stereocenters. The first-order chi connectivity index (χ1) is 4.13. The van der Waals surface area contributed by atoms with Gasteiger partial charge in [-0.25, -0.2) is 0 Å². The summed E-state index contributed by atoms with van der Waals surface area (Å²) in [4.78, 5) is 0. The lowest BCUT2D eigenvalue weighted by atomic mass is 10.2. The van der Waals surface area contributed by atoms with E-state index in [1.165, 1.54) is 0 Å². The Kier molecular flexibility index (Phi) is 4.72. The highest BCUT2D eigenvalue weighted by molar-refractivity contribution is 4.54. The SMILES string of the molecule is CC(C)CNC[C@H](C)O. The average molecular weight is 131 g/mol. The summed E-state index contributed by atoms with van der Waals surface area (Å²) in [6.45, 7) is 7.78. The third kappa shape index (κ3) is 7.92. The Balaban J connectivity index is 2.91. The summed E-state index contributed by atoms with van der Waals surface area (Å²) >= 11 is 0. The molecule has 0 radical (unpaired) electrons. The maximum Gasteiger partial charge on any atom is 0.0636 e. The molecule has 0 bridgehead atoms. The minimum Gasteiger partial charge on any atom is -0.392 e. The van der Waals surface area contributed by atoms with Crippen LogP contribution >= 0.6 is 0 Å². The second-order valence-electron chi connectivity index (χ2n) is 2.90. The fourth-order valence-corrected chi connectivity index (χ4v) is 0.581. The van der Waals surface area contributed by atoms with Crippen LogP contribution in [0.2, 0.25) is 0 Å². The summed E-state index contributed by atoms with van der Waals surface area (Å²) in [6.07, 6.45) is -0.219. The van der Waals surface area contributed by atoms with Gasteiger partial charge in [0.15, 0.2) is 0 Å². The Morgan fingerprint density at radius 2 is 1.78 bits per heavy atom. The van der Waals surface area contributed by atoms with E-state index in [0.29, 0.717) is 12.5 Å². The van der Waals surface area contributed by atoms with Gasteiger partial charge < -0.3 is 10.4 Å². The Bertz CT molecular complexity index is 53.9. The number of nitrogens with one attached hydrogen (secondary N) is 1. The zero-order valence-corrected chi connectivity index (χ0v) is 6.52. The number of aliphatic hydroxyl groups is 1. The van der Waals surface area contributed by atoms with Crippen molar-refractivity contribution in [2.24, 2.45) is 5.92 Å². The molecule has 2 N–H and O–H groups in total. The van der Waals surface area contributed by atoms with Gasteiger partial charge in [0.2, 0.25) is 0 Å². The van der Waals surface area contributed by atoms with Crippen molar-refractivity contribution in [3.8, 4) is 0 Å². The van der Waals surface area contributed by atoms with Gasteiger partial charge in [0.05, 0.1) is 6.10 Å². The molecule has 9 heavy (non-hydrogen) atoms. The third-order valence-electron chi connectivity index (χ3n) is 0.992. The molecule has 2 heteroatoms. The van der Waals surface area contributed by atoms with Crippen molar-refractivity contribution in [1.82, 2.24) is 5.32 Å². The van der Waals surface area contributed by atoms with Gasteiger partial charge in [-0.05, 0) is 19.4 Å². The van der Waals surface area contributed by atoms with Gasteiger partial charge >= 0.3 is 0 Å². The first kappa shape index (κ1) is 8.92. The molecule has 56 valence electrons. The first-order valence-electron chi connectivity index (χ1n) is 3.51. The predicted octanol–water partition coefficient (Wildman–Crippen LogP) is 0.613. The zero-order chi connectivity index (χ0) is 7.28. The van der Waals surface area contributed by atoms with Crippen molar-refractivity contribution in [2.75, 3.05) is 13.1 Å². The predicted molar refractivity (Wildman–Crippen MR) is 39.4 cm³/mol. The van der Waals surface area contributed by atoms with Gasteiger partial charge in [0, 0.05) is 6.54 Å². The van der Waals surface area contributed by atoms with Gasteiger partial charge in [-0.15, -0.1) is 0 Å². The molecule has 0 saturated heterocycles. The van der Waals surface area contributed by atoms with Crippen molar-refractivity contribution in [2.45, 2.75) is 26.9 Å². The molecule has 0 saturated carbocycles. The highest BCUT2D eigenvalue weighted by Gasteiger charge is 1.95. The van der Waals surface area contributed by atoms with E-state index in [0.717, 1.165) is 6.54 Å². The molecule has 0 heterocycles. The van der Waals surface area contributed by atoms with Crippen LogP contribution < -0.4 is 5.32 Å². The van der Waals surface area contributed by atoms with Crippen LogP contribution in [0, 0.1) is 5.92 Å². The molecule has 0 aliphatic carbocycles. The van der Waals surface area contributed by atoms with Gasteiger partial charge in [0.25, 0.3) is 0 Å². The lowest BCUT2D eigenvalue weighted by molar-refractivity contribution is 0.190. The van der Waals surface area contributed by atoms with E-state index in [1.54, 1.807) is 6.92 Å². The molecule has 2 nitrogen and oxygen atoms in total. The lowest BCUT2D eigenvalue weighted by Crippen LogP contribution is -2.27.